The van der Waals surface area contributed by atoms with Crippen molar-refractivity contribution in [3.63, 3.8) is 0 Å². The first-order valence-electron chi connectivity index (χ1n) is 8.99. The predicted octanol–water partition coefficient (Wildman–Crippen LogP) is 3.27. The summed E-state index contributed by atoms with van der Waals surface area (Å²) in [5.41, 5.74) is 16.3. The lowest BCUT2D eigenvalue weighted by Gasteiger charge is -2.39. The molecule has 1 spiro atoms. The van der Waals surface area contributed by atoms with Crippen LogP contribution in [0.4, 0.5) is 5.69 Å². The quantitative estimate of drug-likeness (QED) is 0.737. The van der Waals surface area contributed by atoms with Crippen molar-refractivity contribution in [1.82, 2.24) is 4.98 Å². The van der Waals surface area contributed by atoms with Gasteiger partial charge in [0, 0.05) is 22.6 Å². The van der Waals surface area contributed by atoms with Crippen LogP contribution in [0.5, 0.6) is 11.5 Å². The maximum Gasteiger partial charge on any atom is 0.155 e. The minimum absolute atomic E-state index is 0.574. The van der Waals surface area contributed by atoms with Crippen LogP contribution < -0.4 is 16.2 Å². The summed E-state index contributed by atoms with van der Waals surface area (Å²) < 4.78 is 11.8. The summed E-state index contributed by atoms with van der Waals surface area (Å²) in [5, 5.41) is 0.584. The lowest BCUT2D eigenvalue weighted by atomic mass is 9.78. The lowest BCUT2D eigenvalue weighted by Crippen LogP contribution is -2.35. The summed E-state index contributed by atoms with van der Waals surface area (Å²) in [5.74, 6) is 2.36. The standard InChI is InChI=1S/C20H20N4O2S/c21-13-3-4-17-14(8-13)20(5-7-27-19(22)24-20)15-9-16(23-10-18(15)26-17)12-2-1-6-25-11-12/h2-4,8-10H,1,5-7,11,21H2,(H2,22,24). The maximum absolute atomic E-state index is 6.17. The lowest BCUT2D eigenvalue weighted by molar-refractivity contribution is 0.164. The Morgan fingerprint density at radius 3 is 2.81 bits per heavy atom. The second kappa shape index (κ2) is 6.28. The van der Waals surface area contributed by atoms with Gasteiger partial charge in [-0.1, -0.05) is 17.8 Å². The average molecular weight is 380 g/mol. The molecule has 0 saturated heterocycles. The fourth-order valence-corrected chi connectivity index (χ4v) is 4.78. The topological polar surface area (TPSA) is 95.8 Å². The Kier molecular flexibility index (Phi) is 3.87. The Labute approximate surface area is 161 Å². The zero-order valence-electron chi connectivity index (χ0n) is 14.8. The molecule has 0 amide bonds. The van der Waals surface area contributed by atoms with Crippen LogP contribution in [-0.4, -0.2) is 29.1 Å². The highest BCUT2D eigenvalue weighted by Gasteiger charge is 2.44. The molecule has 0 saturated carbocycles. The van der Waals surface area contributed by atoms with Gasteiger partial charge in [0.2, 0.25) is 0 Å². The molecule has 1 aromatic carbocycles. The normalized spacial score (nSPS) is 23.7. The molecule has 6 nitrogen and oxygen atoms in total. The third-order valence-electron chi connectivity index (χ3n) is 5.24. The third kappa shape index (κ3) is 2.69. The van der Waals surface area contributed by atoms with Gasteiger partial charge < -0.3 is 20.9 Å². The van der Waals surface area contributed by atoms with Crippen LogP contribution in [0.1, 0.15) is 29.7 Å². The molecule has 1 aromatic heterocycles. The molecule has 0 aliphatic carbocycles. The summed E-state index contributed by atoms with van der Waals surface area (Å²) in [6.07, 6.45) is 5.70. The molecule has 4 N–H and O–H groups in total. The van der Waals surface area contributed by atoms with Crippen molar-refractivity contribution in [3.8, 4) is 11.5 Å². The van der Waals surface area contributed by atoms with Crippen LogP contribution in [0, 0.1) is 0 Å². The number of rotatable bonds is 1. The van der Waals surface area contributed by atoms with E-state index in [0.29, 0.717) is 17.5 Å². The number of nitrogens with two attached hydrogens (primary N) is 2. The van der Waals surface area contributed by atoms with Gasteiger partial charge in [0.05, 0.1) is 25.1 Å². The van der Waals surface area contributed by atoms with Crippen molar-refractivity contribution < 1.29 is 9.47 Å². The number of anilines is 1. The summed E-state index contributed by atoms with van der Waals surface area (Å²) in [6, 6.07) is 7.77. The molecular formula is C20H20N4O2S. The third-order valence-corrected chi connectivity index (χ3v) is 6.03. The van der Waals surface area contributed by atoms with Gasteiger partial charge in [-0.25, -0.2) is 4.99 Å². The Morgan fingerprint density at radius 1 is 1.11 bits per heavy atom. The van der Waals surface area contributed by atoms with Crippen LogP contribution in [-0.2, 0) is 10.3 Å². The number of thioether (sulfide) groups is 1. The van der Waals surface area contributed by atoms with Gasteiger partial charge in [-0.3, -0.25) is 4.98 Å². The van der Waals surface area contributed by atoms with Gasteiger partial charge in [0.1, 0.15) is 11.3 Å². The molecule has 0 radical (unpaired) electrons. The molecule has 3 aliphatic heterocycles. The van der Waals surface area contributed by atoms with E-state index in [4.69, 9.17) is 25.9 Å². The summed E-state index contributed by atoms with van der Waals surface area (Å²) in [4.78, 5) is 9.55. The Bertz CT molecular complexity index is 988. The van der Waals surface area contributed by atoms with E-state index >= 15 is 0 Å². The zero-order chi connectivity index (χ0) is 18.4. The largest absolute Gasteiger partial charge is 0.455 e. The van der Waals surface area contributed by atoms with Crippen molar-refractivity contribution in [1.29, 1.82) is 0 Å². The highest BCUT2D eigenvalue weighted by Crippen LogP contribution is 2.53. The summed E-state index contributed by atoms with van der Waals surface area (Å²) in [7, 11) is 0. The zero-order valence-corrected chi connectivity index (χ0v) is 15.6. The monoisotopic (exact) mass is 380 g/mol. The summed E-state index contributed by atoms with van der Waals surface area (Å²) >= 11 is 1.58. The van der Waals surface area contributed by atoms with Gasteiger partial charge >= 0.3 is 0 Å². The first kappa shape index (κ1) is 16.6. The molecule has 7 heteroatoms. The second-order valence-electron chi connectivity index (χ2n) is 6.90. The number of aliphatic imine (C=N–C) groups is 1. The molecule has 0 fully saturated rings. The van der Waals surface area contributed by atoms with E-state index in [2.05, 4.69) is 17.1 Å². The number of benzene rings is 1. The van der Waals surface area contributed by atoms with Gasteiger partial charge in [-0.05, 0) is 42.7 Å². The molecule has 27 heavy (non-hydrogen) atoms. The van der Waals surface area contributed by atoms with Crippen LogP contribution in [0.15, 0.2) is 41.5 Å². The number of amidine groups is 1. The number of hydrogen-bond donors (Lipinski definition) is 2. The SMILES string of the molecule is NC1=NC2(CCS1)c1cc(N)ccc1Oc1cnc(C3=CCCOC3)cc12. The first-order chi connectivity index (χ1) is 13.2. The van der Waals surface area contributed by atoms with E-state index in [1.165, 1.54) is 0 Å². The number of nitrogen functional groups attached to an aromatic ring is 1. The smallest absolute Gasteiger partial charge is 0.155 e. The Hall–Kier alpha value is -2.51. The van der Waals surface area contributed by atoms with Crippen molar-refractivity contribution in [3.05, 3.63) is 53.4 Å². The highest BCUT2D eigenvalue weighted by molar-refractivity contribution is 8.13. The van der Waals surface area contributed by atoms with Gasteiger partial charge in [0.15, 0.2) is 10.9 Å². The number of fused-ring (bicyclic) bond motifs is 4. The van der Waals surface area contributed by atoms with E-state index in [1.54, 1.807) is 18.0 Å². The number of aromatic nitrogens is 1. The predicted molar refractivity (Wildman–Crippen MR) is 108 cm³/mol. The van der Waals surface area contributed by atoms with Gasteiger partial charge in [0.25, 0.3) is 0 Å². The van der Waals surface area contributed by atoms with Crippen LogP contribution in [0.2, 0.25) is 0 Å². The minimum atomic E-state index is -0.596. The molecule has 1 unspecified atom stereocenters. The van der Waals surface area contributed by atoms with Crippen molar-refractivity contribution >= 4 is 28.2 Å². The molecule has 5 rings (SSSR count). The fraction of sp³-hybridized carbons (Fsp3) is 0.300. The van der Waals surface area contributed by atoms with E-state index in [-0.39, 0.29) is 0 Å². The van der Waals surface area contributed by atoms with Crippen LogP contribution in [0.3, 0.4) is 0 Å². The number of nitrogens with zero attached hydrogens (tertiary/aromatic N) is 2. The molecular weight excluding hydrogens is 360 g/mol. The van der Waals surface area contributed by atoms with Crippen molar-refractivity contribution in [2.45, 2.75) is 18.4 Å². The highest BCUT2D eigenvalue weighted by atomic mass is 32.2. The van der Waals surface area contributed by atoms with Crippen molar-refractivity contribution in [2.75, 3.05) is 24.7 Å². The number of ether oxygens (including phenoxy) is 2. The summed E-state index contributed by atoms with van der Waals surface area (Å²) in [6.45, 7) is 1.33. The maximum atomic E-state index is 6.17. The van der Waals surface area contributed by atoms with E-state index in [0.717, 1.165) is 59.1 Å². The van der Waals surface area contributed by atoms with E-state index in [1.807, 2.05) is 18.2 Å². The molecule has 2 aromatic rings. The Balaban J connectivity index is 1.73. The van der Waals surface area contributed by atoms with Gasteiger partial charge in [-0.15, -0.1) is 0 Å². The molecule has 4 heterocycles. The molecule has 3 aliphatic rings. The average Bonchev–Trinajstić information content (AvgIpc) is 2.69. The second-order valence-corrected chi connectivity index (χ2v) is 8.02. The molecule has 0 bridgehead atoms. The van der Waals surface area contributed by atoms with Crippen molar-refractivity contribution in [2.24, 2.45) is 10.7 Å². The number of pyridine rings is 1. The minimum Gasteiger partial charge on any atom is -0.455 e. The molecule has 1 atom stereocenters. The molecule has 138 valence electrons. The fourth-order valence-electron chi connectivity index (χ4n) is 3.95. The number of hydrogen-bond acceptors (Lipinski definition) is 7. The first-order valence-corrected chi connectivity index (χ1v) is 9.98. The van der Waals surface area contributed by atoms with E-state index in [9.17, 15) is 0 Å². The van der Waals surface area contributed by atoms with Crippen LogP contribution >= 0.6 is 11.8 Å². The van der Waals surface area contributed by atoms with Gasteiger partial charge in [-0.2, -0.15) is 0 Å². The Morgan fingerprint density at radius 2 is 2.00 bits per heavy atom. The van der Waals surface area contributed by atoms with Crippen LogP contribution in [0.25, 0.3) is 5.57 Å². The van der Waals surface area contributed by atoms with E-state index < -0.39 is 5.54 Å².